The second-order valence-corrected chi connectivity index (χ2v) is 11.0. The Balaban J connectivity index is 1.69. The zero-order valence-corrected chi connectivity index (χ0v) is 20.7. The van der Waals surface area contributed by atoms with Gasteiger partial charge >= 0.3 is 0 Å². The van der Waals surface area contributed by atoms with Crippen LogP contribution in [0.15, 0.2) is 6.20 Å². The van der Waals surface area contributed by atoms with Gasteiger partial charge in [-0.1, -0.05) is 46.5 Å². The van der Waals surface area contributed by atoms with Crippen molar-refractivity contribution in [3.8, 4) is 0 Å². The van der Waals surface area contributed by atoms with Crippen molar-refractivity contribution in [2.75, 3.05) is 39.8 Å². The van der Waals surface area contributed by atoms with Crippen molar-refractivity contribution in [3.05, 3.63) is 17.7 Å². The number of aromatic nitrogens is 2. The summed E-state index contributed by atoms with van der Waals surface area (Å²) < 4.78 is 0. The molecule has 1 saturated carbocycles. The van der Waals surface area contributed by atoms with Gasteiger partial charge in [-0.25, -0.2) is 10.0 Å². The Morgan fingerprint density at radius 2 is 1.97 bits per heavy atom. The van der Waals surface area contributed by atoms with Gasteiger partial charge in [0.25, 0.3) is 0 Å². The van der Waals surface area contributed by atoms with E-state index in [0.717, 1.165) is 57.1 Å². The number of amides is 2. The van der Waals surface area contributed by atoms with Gasteiger partial charge in [0.05, 0.1) is 18.5 Å². The molecule has 2 fully saturated rings. The van der Waals surface area contributed by atoms with Crippen LogP contribution in [-0.4, -0.2) is 82.1 Å². The summed E-state index contributed by atoms with van der Waals surface area (Å²) in [5, 5.41) is 13.6. The Labute approximate surface area is 197 Å². The molecule has 0 radical (unpaired) electrons. The first-order valence-corrected chi connectivity index (χ1v) is 12.3. The number of nitrogens with one attached hydrogen (secondary N) is 2. The molecule has 186 valence electrons. The minimum Gasteiger partial charge on any atom is -0.345 e. The number of H-pyrrole nitrogens is 1. The van der Waals surface area contributed by atoms with Crippen molar-refractivity contribution in [1.82, 2.24) is 30.1 Å². The molecule has 3 rings (SSSR count). The lowest BCUT2D eigenvalue weighted by molar-refractivity contribution is -0.155. The maximum Gasteiger partial charge on any atom is 0.233 e. The van der Waals surface area contributed by atoms with E-state index in [1.165, 1.54) is 12.8 Å². The van der Waals surface area contributed by atoms with Crippen LogP contribution in [0, 0.1) is 17.3 Å². The Morgan fingerprint density at radius 3 is 2.58 bits per heavy atom. The van der Waals surface area contributed by atoms with E-state index in [1.807, 2.05) is 6.20 Å². The predicted octanol–water partition coefficient (Wildman–Crippen LogP) is 2.40. The highest BCUT2D eigenvalue weighted by atomic mass is 16.5. The summed E-state index contributed by atoms with van der Waals surface area (Å²) in [7, 11) is 2.15. The lowest BCUT2D eigenvalue weighted by Gasteiger charge is -2.33. The minimum absolute atomic E-state index is 0.00943. The number of nitrogens with zero attached hydrogens (tertiary/aromatic N) is 4. The molecule has 2 aliphatic rings. The fraction of sp³-hybridized carbons (Fsp3) is 0.792. The Bertz CT molecular complexity index is 762. The molecule has 33 heavy (non-hydrogen) atoms. The van der Waals surface area contributed by atoms with Crippen LogP contribution < -0.4 is 5.32 Å². The van der Waals surface area contributed by atoms with Crippen molar-refractivity contribution < 1.29 is 14.8 Å². The van der Waals surface area contributed by atoms with Crippen LogP contribution in [0.4, 0.5) is 0 Å². The van der Waals surface area contributed by atoms with Crippen LogP contribution in [-0.2, 0) is 16.1 Å². The Morgan fingerprint density at radius 1 is 1.30 bits per heavy atom. The van der Waals surface area contributed by atoms with E-state index >= 15 is 0 Å². The van der Waals surface area contributed by atoms with Gasteiger partial charge in [-0.05, 0) is 24.8 Å². The molecule has 1 saturated heterocycles. The van der Waals surface area contributed by atoms with Gasteiger partial charge in [0.15, 0.2) is 0 Å². The average Bonchev–Trinajstić information content (AvgIpc) is 3.44. The molecule has 1 aromatic rings. The molecule has 1 aliphatic heterocycles. The van der Waals surface area contributed by atoms with Crippen molar-refractivity contribution in [3.63, 3.8) is 0 Å². The molecule has 3 N–H and O–H groups in total. The molecule has 9 nitrogen and oxygen atoms in total. The Kier molecular flexibility index (Phi) is 8.89. The summed E-state index contributed by atoms with van der Waals surface area (Å²) in [6, 6.07) is -0.305. The van der Waals surface area contributed by atoms with Gasteiger partial charge < -0.3 is 15.2 Å². The fourth-order valence-corrected chi connectivity index (χ4v) is 4.99. The second kappa shape index (κ2) is 11.4. The number of hydrogen-bond donors (Lipinski definition) is 3. The van der Waals surface area contributed by atoms with Crippen LogP contribution in [0.2, 0.25) is 0 Å². The number of imidazole rings is 1. The van der Waals surface area contributed by atoms with Crippen LogP contribution in [0.25, 0.3) is 0 Å². The molecule has 2 atom stereocenters. The smallest absolute Gasteiger partial charge is 0.233 e. The van der Waals surface area contributed by atoms with E-state index in [0.29, 0.717) is 23.8 Å². The van der Waals surface area contributed by atoms with Gasteiger partial charge in [-0.3, -0.25) is 19.7 Å². The summed E-state index contributed by atoms with van der Waals surface area (Å²) in [5.41, 5.74) is 0.781. The highest BCUT2D eigenvalue weighted by Crippen LogP contribution is 2.34. The SMILES string of the molecule is CN1CCN(Cc2cnc(C(NC(=O)[C@H](CC3CCCC3)CN(O)C=O)C(C)(C)C)[nH]2)CC1. The van der Waals surface area contributed by atoms with Crippen LogP contribution in [0.5, 0.6) is 0 Å². The van der Waals surface area contributed by atoms with E-state index in [4.69, 9.17) is 0 Å². The number of piperazine rings is 1. The molecule has 9 heteroatoms. The zero-order chi connectivity index (χ0) is 24.0. The minimum atomic E-state index is -0.451. The van der Waals surface area contributed by atoms with Gasteiger partial charge in [0, 0.05) is 44.6 Å². The third-order valence-corrected chi connectivity index (χ3v) is 7.06. The van der Waals surface area contributed by atoms with Crippen molar-refractivity contribution in [2.24, 2.45) is 17.3 Å². The third kappa shape index (κ3) is 7.52. The van der Waals surface area contributed by atoms with Gasteiger partial charge in [-0.2, -0.15) is 0 Å². The normalized spacial score (nSPS) is 20.5. The van der Waals surface area contributed by atoms with E-state index in [2.05, 4.69) is 52.9 Å². The second-order valence-electron chi connectivity index (χ2n) is 11.0. The van der Waals surface area contributed by atoms with Crippen molar-refractivity contribution >= 4 is 12.3 Å². The van der Waals surface area contributed by atoms with Crippen LogP contribution >= 0.6 is 0 Å². The first-order chi connectivity index (χ1) is 15.7. The molecule has 2 heterocycles. The number of hydroxylamine groups is 2. The van der Waals surface area contributed by atoms with Crippen molar-refractivity contribution in [1.29, 1.82) is 0 Å². The third-order valence-electron chi connectivity index (χ3n) is 7.06. The van der Waals surface area contributed by atoms with Crippen LogP contribution in [0.1, 0.15) is 70.4 Å². The van der Waals surface area contributed by atoms with E-state index in [1.54, 1.807) is 0 Å². The fourth-order valence-electron chi connectivity index (χ4n) is 4.99. The highest BCUT2D eigenvalue weighted by molar-refractivity contribution is 5.79. The zero-order valence-electron chi connectivity index (χ0n) is 20.7. The molecular formula is C24H42N6O3. The maximum absolute atomic E-state index is 13.3. The maximum atomic E-state index is 13.3. The summed E-state index contributed by atoms with van der Waals surface area (Å²) in [5.74, 6) is 0.621. The van der Waals surface area contributed by atoms with E-state index in [9.17, 15) is 14.8 Å². The number of aromatic amines is 1. The average molecular weight is 463 g/mol. The van der Waals surface area contributed by atoms with Gasteiger partial charge in [0.1, 0.15) is 5.82 Å². The predicted molar refractivity (Wildman–Crippen MR) is 126 cm³/mol. The summed E-state index contributed by atoms with van der Waals surface area (Å²) in [6.07, 6.45) is 7.50. The molecular weight excluding hydrogens is 420 g/mol. The summed E-state index contributed by atoms with van der Waals surface area (Å²) >= 11 is 0. The molecule has 1 aliphatic carbocycles. The molecule has 0 bridgehead atoms. The van der Waals surface area contributed by atoms with E-state index in [-0.39, 0.29) is 23.9 Å². The molecule has 0 spiro atoms. The molecule has 1 aromatic heterocycles. The number of hydrogen-bond acceptors (Lipinski definition) is 6. The van der Waals surface area contributed by atoms with Crippen molar-refractivity contribution in [2.45, 2.75) is 65.5 Å². The number of carbonyl (C=O) groups excluding carboxylic acids is 2. The lowest BCUT2D eigenvalue weighted by atomic mass is 9.85. The largest absolute Gasteiger partial charge is 0.345 e. The number of rotatable bonds is 10. The van der Waals surface area contributed by atoms with Gasteiger partial charge in [0.2, 0.25) is 12.3 Å². The number of carbonyl (C=O) groups is 2. The standard InChI is InChI=1S/C24H42N6O3/c1-24(2,3)21(22-25-14-20(26-22)16-29-11-9-28(4)10-12-29)27-23(32)19(15-30(33)17-31)13-18-7-5-6-8-18/h14,17-19,21,33H,5-13,15-16H2,1-4H3,(H,25,26)(H,27,32)/t19-,21?/m1/s1. The first-order valence-electron chi connectivity index (χ1n) is 12.3. The number of likely N-dealkylation sites (N-methyl/N-ethyl adjacent to an activating group) is 1. The van der Waals surface area contributed by atoms with Gasteiger partial charge in [-0.15, -0.1) is 0 Å². The summed E-state index contributed by atoms with van der Waals surface area (Å²) in [6.45, 7) is 11.2. The van der Waals surface area contributed by atoms with E-state index < -0.39 is 5.92 Å². The molecule has 1 unspecified atom stereocenters. The Hall–Kier alpha value is -1.97. The topological polar surface area (TPSA) is 105 Å². The lowest BCUT2D eigenvalue weighted by Crippen LogP contribution is -2.44. The molecule has 0 aromatic carbocycles. The monoisotopic (exact) mass is 462 g/mol. The highest BCUT2D eigenvalue weighted by Gasteiger charge is 2.34. The van der Waals surface area contributed by atoms with Crippen LogP contribution in [0.3, 0.4) is 0 Å². The summed E-state index contributed by atoms with van der Waals surface area (Å²) in [4.78, 5) is 37.2. The molecule has 2 amide bonds. The quantitative estimate of drug-likeness (QED) is 0.280. The first kappa shape index (κ1) is 25.6.